The number of hydrogen-bond acceptors (Lipinski definition) is 4. The van der Waals surface area contributed by atoms with Crippen LogP contribution in [0.2, 0.25) is 0 Å². The summed E-state index contributed by atoms with van der Waals surface area (Å²) in [5.41, 5.74) is -0.950. The summed E-state index contributed by atoms with van der Waals surface area (Å²) >= 11 is 0.862. The molecule has 114 valence electrons. The number of nitrogens with one attached hydrogen (secondary N) is 1. The van der Waals surface area contributed by atoms with E-state index in [1.165, 1.54) is 11.9 Å². The van der Waals surface area contributed by atoms with Gasteiger partial charge in [-0.05, 0) is 6.42 Å². The first-order valence-corrected chi connectivity index (χ1v) is 6.82. The van der Waals surface area contributed by atoms with Gasteiger partial charge in [-0.2, -0.15) is 13.2 Å². The number of nitrogens with zero attached hydrogens (tertiary/aromatic N) is 2. The predicted molar refractivity (Wildman–Crippen MR) is 68.4 cm³/mol. The Morgan fingerprint density at radius 2 is 2.25 bits per heavy atom. The van der Waals surface area contributed by atoms with Gasteiger partial charge in [0.15, 0.2) is 5.69 Å². The molecule has 0 spiro atoms. The first kappa shape index (κ1) is 16.7. The van der Waals surface area contributed by atoms with E-state index in [0.717, 1.165) is 16.7 Å². The van der Waals surface area contributed by atoms with Gasteiger partial charge in [-0.25, -0.2) is 9.78 Å². The largest absolute Gasteiger partial charge is 0.434 e. The summed E-state index contributed by atoms with van der Waals surface area (Å²) in [5, 5.41) is 12.5. The summed E-state index contributed by atoms with van der Waals surface area (Å²) in [6.07, 6.45) is -4.06. The van der Waals surface area contributed by atoms with E-state index < -0.39 is 23.9 Å². The molecule has 0 aliphatic rings. The molecule has 0 aromatic carbocycles. The second kappa shape index (κ2) is 6.89. The molecule has 20 heavy (non-hydrogen) atoms. The molecule has 0 saturated heterocycles. The molecule has 2 N–H and O–H groups in total. The maximum Gasteiger partial charge on any atom is 0.434 e. The van der Waals surface area contributed by atoms with Crippen LogP contribution in [-0.2, 0) is 6.18 Å². The lowest BCUT2D eigenvalue weighted by molar-refractivity contribution is -0.140. The van der Waals surface area contributed by atoms with Crippen LogP contribution in [0.1, 0.15) is 30.1 Å². The highest BCUT2D eigenvalue weighted by Gasteiger charge is 2.34. The number of alkyl halides is 3. The highest BCUT2D eigenvalue weighted by atomic mass is 32.1. The Labute approximate surface area is 118 Å². The summed E-state index contributed by atoms with van der Waals surface area (Å²) in [7, 11) is 1.49. The van der Waals surface area contributed by atoms with Crippen molar-refractivity contribution in [2.45, 2.75) is 25.6 Å². The van der Waals surface area contributed by atoms with E-state index in [0.29, 0.717) is 6.42 Å². The standard InChI is InChI=1S/C11H16F3N3O2S/c1-3-7(15-10(19)17(2)4-5-18)9-16-8(6-20-9)11(12,13)14/h6-7,18H,3-5H2,1-2H3,(H,15,19). The molecule has 1 aromatic heterocycles. The van der Waals surface area contributed by atoms with E-state index in [4.69, 9.17) is 5.11 Å². The van der Waals surface area contributed by atoms with Gasteiger partial charge < -0.3 is 15.3 Å². The fraction of sp³-hybridized carbons (Fsp3) is 0.636. The van der Waals surface area contributed by atoms with Gasteiger partial charge in [0.25, 0.3) is 0 Å². The van der Waals surface area contributed by atoms with Gasteiger partial charge in [0.05, 0.1) is 12.6 Å². The Bertz CT molecular complexity index is 450. The lowest BCUT2D eigenvalue weighted by Crippen LogP contribution is -2.40. The molecule has 2 amide bonds. The van der Waals surface area contributed by atoms with Crippen molar-refractivity contribution in [1.82, 2.24) is 15.2 Å². The highest BCUT2D eigenvalue weighted by molar-refractivity contribution is 7.09. The number of aromatic nitrogens is 1. The summed E-state index contributed by atoms with van der Waals surface area (Å²) in [5.74, 6) is 0. The minimum absolute atomic E-state index is 0.147. The van der Waals surface area contributed by atoms with Crippen LogP contribution in [0.25, 0.3) is 0 Å². The van der Waals surface area contributed by atoms with E-state index in [-0.39, 0.29) is 18.2 Å². The number of aliphatic hydroxyl groups is 1. The first-order chi connectivity index (χ1) is 9.29. The van der Waals surface area contributed by atoms with Crippen LogP contribution in [0.4, 0.5) is 18.0 Å². The van der Waals surface area contributed by atoms with E-state index in [2.05, 4.69) is 10.3 Å². The average molecular weight is 311 g/mol. The Hall–Kier alpha value is -1.35. The van der Waals surface area contributed by atoms with Crippen molar-refractivity contribution in [2.75, 3.05) is 20.2 Å². The predicted octanol–water partition coefficient (Wildman–Crippen LogP) is 2.25. The monoisotopic (exact) mass is 311 g/mol. The molecule has 1 unspecified atom stereocenters. The number of hydrogen-bond donors (Lipinski definition) is 2. The zero-order valence-corrected chi connectivity index (χ0v) is 11.9. The topological polar surface area (TPSA) is 65.5 Å². The molecular weight excluding hydrogens is 295 g/mol. The molecule has 5 nitrogen and oxygen atoms in total. The summed E-state index contributed by atoms with van der Waals surface area (Å²) in [4.78, 5) is 16.5. The lowest BCUT2D eigenvalue weighted by atomic mass is 10.2. The van der Waals surface area contributed by atoms with Crippen LogP contribution in [0.3, 0.4) is 0 Å². The van der Waals surface area contributed by atoms with E-state index in [1.54, 1.807) is 6.92 Å². The highest BCUT2D eigenvalue weighted by Crippen LogP contribution is 2.32. The van der Waals surface area contributed by atoms with Gasteiger partial charge in [0.1, 0.15) is 5.01 Å². The molecule has 1 rings (SSSR count). The molecule has 1 aromatic rings. The van der Waals surface area contributed by atoms with Crippen molar-refractivity contribution in [3.8, 4) is 0 Å². The molecule has 0 fully saturated rings. The fourth-order valence-corrected chi connectivity index (χ4v) is 2.39. The molecule has 1 atom stereocenters. The fourth-order valence-electron chi connectivity index (χ4n) is 1.43. The second-order valence-corrected chi connectivity index (χ2v) is 5.01. The molecule has 0 aliphatic heterocycles. The van der Waals surface area contributed by atoms with E-state index in [9.17, 15) is 18.0 Å². The van der Waals surface area contributed by atoms with Crippen LogP contribution in [0.5, 0.6) is 0 Å². The first-order valence-electron chi connectivity index (χ1n) is 5.94. The Balaban J connectivity index is 2.76. The van der Waals surface area contributed by atoms with E-state index in [1.807, 2.05) is 0 Å². The number of carbonyl (C=O) groups excluding carboxylic acids is 1. The third-order valence-corrected chi connectivity index (χ3v) is 3.56. The normalized spacial score (nSPS) is 13.1. The van der Waals surface area contributed by atoms with Crippen molar-refractivity contribution < 1.29 is 23.1 Å². The van der Waals surface area contributed by atoms with E-state index >= 15 is 0 Å². The van der Waals surface area contributed by atoms with Gasteiger partial charge in [-0.15, -0.1) is 11.3 Å². The zero-order chi connectivity index (χ0) is 15.3. The molecular formula is C11H16F3N3O2S. The maximum atomic E-state index is 12.5. The number of halogens is 3. The van der Waals surface area contributed by atoms with Gasteiger partial charge in [0, 0.05) is 19.0 Å². The molecule has 1 heterocycles. The van der Waals surface area contributed by atoms with Crippen LogP contribution in [-0.4, -0.2) is 41.2 Å². The third-order valence-electron chi connectivity index (χ3n) is 2.60. The van der Waals surface area contributed by atoms with Crippen LogP contribution in [0, 0.1) is 0 Å². The molecule has 0 radical (unpaired) electrons. The molecule has 9 heteroatoms. The van der Waals surface area contributed by atoms with Crippen molar-refractivity contribution in [3.05, 3.63) is 16.1 Å². The number of rotatable bonds is 5. The number of carbonyl (C=O) groups is 1. The average Bonchev–Trinajstić information content (AvgIpc) is 2.85. The summed E-state index contributed by atoms with van der Waals surface area (Å²) in [6.45, 7) is 1.70. The van der Waals surface area contributed by atoms with Gasteiger partial charge in [-0.3, -0.25) is 0 Å². The van der Waals surface area contributed by atoms with Gasteiger partial charge in [-0.1, -0.05) is 6.92 Å². The van der Waals surface area contributed by atoms with Crippen molar-refractivity contribution in [2.24, 2.45) is 0 Å². The Morgan fingerprint density at radius 1 is 1.60 bits per heavy atom. The molecule has 0 aliphatic carbocycles. The number of thiazole rings is 1. The van der Waals surface area contributed by atoms with Crippen molar-refractivity contribution in [3.63, 3.8) is 0 Å². The minimum Gasteiger partial charge on any atom is -0.395 e. The summed E-state index contributed by atoms with van der Waals surface area (Å²) in [6, 6.07) is -1.04. The van der Waals surface area contributed by atoms with Gasteiger partial charge >= 0.3 is 12.2 Å². The van der Waals surface area contributed by atoms with Crippen LogP contribution >= 0.6 is 11.3 Å². The van der Waals surface area contributed by atoms with Crippen LogP contribution < -0.4 is 5.32 Å². The smallest absolute Gasteiger partial charge is 0.395 e. The SMILES string of the molecule is CCC(NC(=O)N(C)CCO)c1nc(C(F)(F)F)cs1. The molecule has 0 bridgehead atoms. The number of likely N-dealkylation sites (N-methyl/N-ethyl adjacent to an activating group) is 1. The van der Waals surface area contributed by atoms with Crippen molar-refractivity contribution >= 4 is 17.4 Å². The van der Waals surface area contributed by atoms with Gasteiger partial charge in [0.2, 0.25) is 0 Å². The summed E-state index contributed by atoms with van der Waals surface area (Å²) < 4.78 is 37.4. The number of aliphatic hydroxyl groups excluding tert-OH is 1. The lowest BCUT2D eigenvalue weighted by Gasteiger charge is -2.21. The second-order valence-electron chi connectivity index (χ2n) is 4.12. The Morgan fingerprint density at radius 3 is 2.70 bits per heavy atom. The third kappa shape index (κ3) is 4.34. The zero-order valence-electron chi connectivity index (χ0n) is 11.1. The Kier molecular flexibility index (Phi) is 5.75. The number of urea groups is 1. The maximum absolute atomic E-state index is 12.5. The van der Waals surface area contributed by atoms with Crippen LogP contribution in [0.15, 0.2) is 5.38 Å². The van der Waals surface area contributed by atoms with Crippen molar-refractivity contribution in [1.29, 1.82) is 0 Å². The number of amides is 2. The minimum atomic E-state index is -4.48. The quantitative estimate of drug-likeness (QED) is 0.876. The molecule has 0 saturated carbocycles.